The van der Waals surface area contributed by atoms with Crippen LogP contribution in [0.4, 0.5) is 0 Å². The van der Waals surface area contributed by atoms with Crippen molar-refractivity contribution in [2.24, 2.45) is 0 Å². The molecule has 51 heavy (non-hydrogen) atoms. The quantitative estimate of drug-likeness (QED) is 0.186. The predicted molar refractivity (Wildman–Crippen MR) is 208 cm³/mol. The third-order valence-electron chi connectivity index (χ3n) is 10.5. The first kappa shape index (κ1) is 29.3. The zero-order valence-electron chi connectivity index (χ0n) is 28.0. The summed E-state index contributed by atoms with van der Waals surface area (Å²) in [4.78, 5) is 15.0. The van der Waals surface area contributed by atoms with Crippen LogP contribution in [0.3, 0.4) is 0 Å². The molecule has 1 aliphatic rings. The summed E-state index contributed by atoms with van der Waals surface area (Å²) in [5.74, 6) is 1.94. The van der Waals surface area contributed by atoms with Crippen LogP contribution < -0.4 is 0 Å². The first-order valence-corrected chi connectivity index (χ1v) is 17.4. The lowest BCUT2D eigenvalue weighted by Crippen LogP contribution is -2.22. The summed E-state index contributed by atoms with van der Waals surface area (Å²) in [6.07, 6.45) is 0. The van der Waals surface area contributed by atoms with Gasteiger partial charge in [-0.05, 0) is 65.1 Å². The maximum Gasteiger partial charge on any atom is 0.164 e. The molecule has 10 rings (SSSR count). The number of rotatable bonds is 5. The van der Waals surface area contributed by atoms with E-state index in [1.54, 1.807) is 0 Å². The number of fused-ring (bicyclic) bond motifs is 6. The zero-order chi connectivity index (χ0) is 33.9. The summed E-state index contributed by atoms with van der Waals surface area (Å²) in [5, 5.41) is 2.47. The summed E-state index contributed by atoms with van der Waals surface area (Å²) in [6.45, 7) is 2.38. The minimum absolute atomic E-state index is 0.268. The van der Waals surface area contributed by atoms with Crippen LogP contribution in [0, 0.1) is 0 Å². The highest BCUT2D eigenvalue weighted by molar-refractivity contribution is 6.11. The predicted octanol–water partition coefficient (Wildman–Crippen LogP) is 11.3. The molecule has 1 aliphatic carbocycles. The lowest BCUT2D eigenvalue weighted by molar-refractivity contribution is 0.715. The number of para-hydroxylation sites is 1. The Balaban J connectivity index is 1.19. The molecule has 0 bridgehead atoms. The number of aromatic nitrogens is 4. The van der Waals surface area contributed by atoms with Crippen molar-refractivity contribution in [3.05, 3.63) is 193 Å². The molecule has 2 heterocycles. The summed E-state index contributed by atoms with van der Waals surface area (Å²) in [6, 6.07) is 62.3. The van der Waals surface area contributed by atoms with E-state index in [4.69, 9.17) is 15.0 Å². The smallest absolute Gasteiger partial charge is 0.164 e. The van der Waals surface area contributed by atoms with E-state index < -0.39 is 0 Å². The van der Waals surface area contributed by atoms with Crippen LogP contribution in [0.15, 0.2) is 176 Å². The third-order valence-corrected chi connectivity index (χ3v) is 10.5. The Bertz CT molecular complexity index is 2690. The Labute approximate surface area is 296 Å². The van der Waals surface area contributed by atoms with Gasteiger partial charge in [-0.2, -0.15) is 0 Å². The molecular weight excluding hydrogens is 621 g/mol. The molecule has 0 aliphatic heterocycles. The minimum Gasteiger partial charge on any atom is -0.309 e. The fourth-order valence-electron chi connectivity index (χ4n) is 8.03. The molecule has 2 aromatic heterocycles. The summed E-state index contributed by atoms with van der Waals surface area (Å²) < 4.78 is 2.40. The average Bonchev–Trinajstić information content (AvgIpc) is 3.67. The maximum atomic E-state index is 5.03. The molecule has 0 saturated heterocycles. The molecule has 1 atom stereocenters. The minimum atomic E-state index is -0.268. The zero-order valence-corrected chi connectivity index (χ0v) is 28.0. The molecule has 1 unspecified atom stereocenters. The van der Waals surface area contributed by atoms with Crippen molar-refractivity contribution in [2.75, 3.05) is 0 Å². The number of hydrogen-bond donors (Lipinski definition) is 0. The van der Waals surface area contributed by atoms with Gasteiger partial charge in [0.05, 0.1) is 11.0 Å². The lowest BCUT2D eigenvalue weighted by atomic mass is 9.74. The van der Waals surface area contributed by atoms with Crippen molar-refractivity contribution in [1.82, 2.24) is 19.5 Å². The van der Waals surface area contributed by atoms with Crippen molar-refractivity contribution in [1.29, 1.82) is 0 Å². The van der Waals surface area contributed by atoms with Gasteiger partial charge in [0.15, 0.2) is 17.5 Å². The largest absolute Gasteiger partial charge is 0.309 e. The Morgan fingerprint density at radius 3 is 1.69 bits per heavy atom. The SMILES string of the molecule is CC1(c2ccccc2)c2ccccc2-c2cc3c(cc21)c1ccccc1n3-c1cccc(-c2nc(-c3ccccc3)nc(-c3ccccc3)n2)c1. The molecule has 0 amide bonds. The fraction of sp³-hybridized carbons (Fsp3) is 0.0426. The van der Waals surface area contributed by atoms with Crippen LogP contribution in [-0.2, 0) is 5.41 Å². The molecule has 240 valence electrons. The van der Waals surface area contributed by atoms with Crippen molar-refractivity contribution in [3.63, 3.8) is 0 Å². The van der Waals surface area contributed by atoms with Crippen molar-refractivity contribution in [3.8, 4) is 51.0 Å². The van der Waals surface area contributed by atoms with E-state index >= 15 is 0 Å². The number of hydrogen-bond acceptors (Lipinski definition) is 3. The molecule has 9 aromatic rings. The van der Waals surface area contributed by atoms with Gasteiger partial charge in [0.1, 0.15) is 0 Å². The molecule has 0 N–H and O–H groups in total. The Morgan fingerprint density at radius 1 is 0.412 bits per heavy atom. The van der Waals surface area contributed by atoms with E-state index in [0.717, 1.165) is 27.9 Å². The van der Waals surface area contributed by atoms with E-state index in [1.807, 2.05) is 60.7 Å². The summed E-state index contributed by atoms with van der Waals surface area (Å²) >= 11 is 0. The highest BCUT2D eigenvalue weighted by atomic mass is 15.0. The van der Waals surface area contributed by atoms with Gasteiger partial charge in [0.25, 0.3) is 0 Å². The molecule has 0 fully saturated rings. The Kier molecular flexibility index (Phi) is 6.58. The molecule has 0 saturated carbocycles. The maximum absolute atomic E-state index is 5.03. The normalized spacial score (nSPS) is 14.8. The standard InChI is InChI=1S/C47H32N4/c1-47(34-21-9-4-10-22-34)40-26-13-11-24-36(40)38-30-43-39(29-41(38)47)37-25-12-14-27-42(37)51(43)35-23-15-20-33(28-35)46-49-44(31-16-5-2-6-17-31)48-45(50-46)32-18-7-3-8-19-32/h2-30H,1H3. The van der Waals surface area contributed by atoms with Crippen molar-refractivity contribution in [2.45, 2.75) is 12.3 Å². The van der Waals surface area contributed by atoms with Gasteiger partial charge in [-0.1, -0.05) is 146 Å². The fourth-order valence-corrected chi connectivity index (χ4v) is 8.03. The van der Waals surface area contributed by atoms with E-state index in [9.17, 15) is 0 Å². The van der Waals surface area contributed by atoms with Crippen LogP contribution in [-0.4, -0.2) is 19.5 Å². The van der Waals surface area contributed by atoms with Gasteiger partial charge in [-0.25, -0.2) is 15.0 Å². The van der Waals surface area contributed by atoms with Gasteiger partial charge < -0.3 is 4.57 Å². The van der Waals surface area contributed by atoms with Crippen LogP contribution in [0.25, 0.3) is 72.8 Å². The van der Waals surface area contributed by atoms with E-state index in [-0.39, 0.29) is 5.41 Å². The van der Waals surface area contributed by atoms with Crippen molar-refractivity contribution >= 4 is 21.8 Å². The average molecular weight is 653 g/mol. The van der Waals surface area contributed by atoms with Gasteiger partial charge in [-0.3, -0.25) is 0 Å². The second-order valence-electron chi connectivity index (χ2n) is 13.4. The van der Waals surface area contributed by atoms with Crippen LogP contribution in [0.2, 0.25) is 0 Å². The Hall–Kier alpha value is -6.65. The first-order chi connectivity index (χ1) is 25.2. The molecule has 0 radical (unpaired) electrons. The van der Waals surface area contributed by atoms with Gasteiger partial charge in [-0.15, -0.1) is 0 Å². The molecule has 4 heteroatoms. The number of nitrogens with zero attached hydrogens (tertiary/aromatic N) is 4. The lowest BCUT2D eigenvalue weighted by Gasteiger charge is -2.28. The second kappa shape index (κ2) is 11.5. The van der Waals surface area contributed by atoms with Crippen LogP contribution in [0.5, 0.6) is 0 Å². The molecule has 0 spiro atoms. The van der Waals surface area contributed by atoms with E-state index in [1.165, 1.54) is 44.1 Å². The van der Waals surface area contributed by atoms with Crippen molar-refractivity contribution < 1.29 is 0 Å². The molecular formula is C47H32N4. The molecule has 7 aromatic carbocycles. The monoisotopic (exact) mass is 652 g/mol. The van der Waals surface area contributed by atoms with Gasteiger partial charge >= 0.3 is 0 Å². The van der Waals surface area contributed by atoms with Gasteiger partial charge in [0, 0.05) is 38.6 Å². The van der Waals surface area contributed by atoms with Crippen LogP contribution in [0.1, 0.15) is 23.6 Å². The highest BCUT2D eigenvalue weighted by Crippen LogP contribution is 2.54. The second-order valence-corrected chi connectivity index (χ2v) is 13.4. The van der Waals surface area contributed by atoms with Crippen LogP contribution >= 0.6 is 0 Å². The first-order valence-electron chi connectivity index (χ1n) is 17.4. The van der Waals surface area contributed by atoms with E-state index in [2.05, 4.69) is 127 Å². The van der Waals surface area contributed by atoms with E-state index in [0.29, 0.717) is 17.5 Å². The topological polar surface area (TPSA) is 43.6 Å². The summed E-state index contributed by atoms with van der Waals surface area (Å²) in [5.41, 5.74) is 12.5. The van der Waals surface area contributed by atoms with Gasteiger partial charge in [0.2, 0.25) is 0 Å². The summed E-state index contributed by atoms with van der Waals surface area (Å²) in [7, 11) is 0. The molecule has 4 nitrogen and oxygen atoms in total. The Morgan fingerprint density at radius 2 is 0.980 bits per heavy atom. The third kappa shape index (κ3) is 4.57. The highest BCUT2D eigenvalue weighted by Gasteiger charge is 2.41. The number of benzene rings is 7.